The van der Waals surface area contributed by atoms with Crippen LogP contribution in [-0.4, -0.2) is 18.9 Å². The van der Waals surface area contributed by atoms with Gasteiger partial charge in [-0.25, -0.2) is 0 Å². The van der Waals surface area contributed by atoms with Crippen molar-refractivity contribution in [3.8, 4) is 11.8 Å². The molecule has 162 valence electrons. The Bertz CT molecular complexity index is 1170. The lowest BCUT2D eigenvalue weighted by molar-refractivity contribution is 0.414. The summed E-state index contributed by atoms with van der Waals surface area (Å²) in [5.74, 6) is 0.767. The number of nitrogens with zero attached hydrogens (tertiary/aromatic N) is 2. The van der Waals surface area contributed by atoms with Gasteiger partial charge in [-0.15, -0.1) is 0 Å². The molecule has 0 spiro atoms. The van der Waals surface area contributed by atoms with Crippen LogP contribution < -0.4 is 10.1 Å². The molecule has 4 aromatic rings. The van der Waals surface area contributed by atoms with E-state index >= 15 is 0 Å². The summed E-state index contributed by atoms with van der Waals surface area (Å²) in [6.07, 6.45) is 0. The molecule has 0 bridgehead atoms. The highest BCUT2D eigenvalue weighted by Gasteiger charge is 2.24. The third-order valence-electron chi connectivity index (χ3n) is 5.38. The molecule has 4 aromatic carbocycles. The molecule has 0 aliphatic carbocycles. The average Bonchev–Trinajstić information content (AvgIpc) is 2.90. The summed E-state index contributed by atoms with van der Waals surface area (Å²) in [6, 6.07) is 39.0. The predicted molar refractivity (Wildman–Crippen MR) is 134 cm³/mol. The van der Waals surface area contributed by atoms with Crippen molar-refractivity contribution >= 4 is 11.4 Å². The predicted octanol–water partition coefficient (Wildman–Crippen LogP) is 6.28. The molecule has 2 atom stereocenters. The maximum Gasteiger partial charge on any atom is 0.161 e. The maximum absolute atomic E-state index is 10.3. The highest BCUT2D eigenvalue weighted by molar-refractivity contribution is 6.13. The van der Waals surface area contributed by atoms with Gasteiger partial charge in [0.1, 0.15) is 5.75 Å². The van der Waals surface area contributed by atoms with Gasteiger partial charge in [0, 0.05) is 16.8 Å². The van der Waals surface area contributed by atoms with Crippen LogP contribution in [0.25, 0.3) is 0 Å². The molecule has 0 saturated heterocycles. The molecular weight excluding hydrogens is 406 g/mol. The number of hydrogen-bond donors (Lipinski definition) is 1. The number of methoxy groups -OCH3 is 1. The van der Waals surface area contributed by atoms with Crippen molar-refractivity contribution < 1.29 is 4.74 Å². The zero-order chi connectivity index (χ0) is 22.9. The Morgan fingerprint density at radius 1 is 0.758 bits per heavy atom. The zero-order valence-electron chi connectivity index (χ0n) is 18.4. The monoisotopic (exact) mass is 431 g/mol. The first kappa shape index (κ1) is 21.9. The molecule has 4 heteroatoms. The van der Waals surface area contributed by atoms with Crippen LogP contribution in [0.3, 0.4) is 0 Å². The Morgan fingerprint density at radius 3 is 1.76 bits per heavy atom. The van der Waals surface area contributed by atoms with Crippen molar-refractivity contribution in [3.63, 3.8) is 0 Å². The first-order valence-corrected chi connectivity index (χ1v) is 10.8. The van der Waals surface area contributed by atoms with Gasteiger partial charge in [0.15, 0.2) is 6.04 Å². The Labute approximate surface area is 194 Å². The Hall–Kier alpha value is -4.36. The molecule has 33 heavy (non-hydrogen) atoms. The number of nitrogens with one attached hydrogen (secondary N) is 1. The van der Waals surface area contributed by atoms with Gasteiger partial charge in [-0.3, -0.25) is 4.99 Å². The molecule has 1 N–H and O–H groups in total. The topological polar surface area (TPSA) is 57.4 Å². The number of aliphatic imine (C=N–C) groups is 1. The van der Waals surface area contributed by atoms with Crippen molar-refractivity contribution in [2.45, 2.75) is 12.1 Å². The second kappa shape index (κ2) is 10.8. The number of benzene rings is 4. The van der Waals surface area contributed by atoms with E-state index in [-0.39, 0.29) is 6.04 Å². The summed E-state index contributed by atoms with van der Waals surface area (Å²) in [4.78, 5) is 5.01. The maximum atomic E-state index is 10.3. The van der Waals surface area contributed by atoms with E-state index in [1.54, 1.807) is 7.11 Å². The summed E-state index contributed by atoms with van der Waals surface area (Å²) >= 11 is 0. The SMILES string of the molecule is COc1ccc(C(Nc2ccccc2)C(C#N)N=C(c2ccccc2)c2ccccc2)cc1. The van der Waals surface area contributed by atoms with Crippen molar-refractivity contribution in [1.82, 2.24) is 0 Å². The number of hydrogen-bond acceptors (Lipinski definition) is 4. The Kier molecular flexibility index (Phi) is 7.15. The Morgan fingerprint density at radius 2 is 1.27 bits per heavy atom. The van der Waals surface area contributed by atoms with Gasteiger partial charge >= 0.3 is 0 Å². The molecule has 4 nitrogen and oxygen atoms in total. The lowest BCUT2D eigenvalue weighted by atomic mass is 9.97. The Balaban J connectivity index is 1.80. The number of para-hydroxylation sites is 1. The molecule has 2 unspecified atom stereocenters. The van der Waals surface area contributed by atoms with E-state index < -0.39 is 6.04 Å². The lowest BCUT2D eigenvalue weighted by Crippen LogP contribution is -2.25. The molecule has 0 amide bonds. The van der Waals surface area contributed by atoms with E-state index in [1.807, 2.05) is 115 Å². The largest absolute Gasteiger partial charge is 0.497 e. The summed E-state index contributed by atoms with van der Waals surface area (Å²) < 4.78 is 5.32. The van der Waals surface area contributed by atoms with Crippen LogP contribution in [0.2, 0.25) is 0 Å². The van der Waals surface area contributed by atoms with E-state index in [4.69, 9.17) is 9.73 Å². The second-order valence-electron chi connectivity index (χ2n) is 7.54. The quantitative estimate of drug-likeness (QED) is 0.334. The molecule has 0 saturated carbocycles. The van der Waals surface area contributed by atoms with Crippen LogP contribution >= 0.6 is 0 Å². The first-order valence-electron chi connectivity index (χ1n) is 10.8. The van der Waals surface area contributed by atoms with Crippen molar-refractivity contribution in [1.29, 1.82) is 5.26 Å². The zero-order valence-corrected chi connectivity index (χ0v) is 18.4. The van der Waals surface area contributed by atoms with Gasteiger partial charge in [0.2, 0.25) is 0 Å². The van der Waals surface area contributed by atoms with Crippen LogP contribution in [-0.2, 0) is 0 Å². The van der Waals surface area contributed by atoms with E-state index in [2.05, 4.69) is 11.4 Å². The summed E-state index contributed by atoms with van der Waals surface area (Å²) in [7, 11) is 1.64. The van der Waals surface area contributed by atoms with E-state index in [9.17, 15) is 5.26 Å². The van der Waals surface area contributed by atoms with E-state index in [0.717, 1.165) is 33.8 Å². The van der Waals surface area contributed by atoms with Gasteiger partial charge in [0.05, 0.1) is 24.9 Å². The highest BCUT2D eigenvalue weighted by Crippen LogP contribution is 2.27. The summed E-state index contributed by atoms with van der Waals surface area (Å²) in [6.45, 7) is 0. The molecule has 0 heterocycles. The summed E-state index contributed by atoms with van der Waals surface area (Å²) in [5.41, 5.74) is 4.61. The van der Waals surface area contributed by atoms with Crippen molar-refractivity contribution in [3.05, 3.63) is 132 Å². The first-order chi connectivity index (χ1) is 16.3. The number of anilines is 1. The van der Waals surface area contributed by atoms with Crippen LogP contribution in [0.15, 0.2) is 120 Å². The van der Waals surface area contributed by atoms with Crippen LogP contribution in [0, 0.1) is 11.3 Å². The van der Waals surface area contributed by atoms with Gasteiger partial charge in [-0.05, 0) is 29.8 Å². The number of rotatable bonds is 8. The standard InChI is InChI=1S/C29H25N3O/c1-33-26-19-17-24(18-20-26)29(31-25-15-9-4-10-16-25)27(21-30)32-28(22-11-5-2-6-12-22)23-13-7-3-8-14-23/h2-20,27,29,31H,1H3. The molecule has 0 fully saturated rings. The smallest absolute Gasteiger partial charge is 0.161 e. The molecule has 0 radical (unpaired) electrons. The molecule has 0 aliphatic heterocycles. The van der Waals surface area contributed by atoms with Crippen molar-refractivity contribution in [2.24, 2.45) is 4.99 Å². The number of nitriles is 1. The minimum absolute atomic E-state index is 0.356. The van der Waals surface area contributed by atoms with Crippen LogP contribution in [0.1, 0.15) is 22.7 Å². The normalized spacial score (nSPS) is 12.1. The number of ether oxygens (including phenoxy) is 1. The lowest BCUT2D eigenvalue weighted by Gasteiger charge is -2.24. The van der Waals surface area contributed by atoms with Crippen LogP contribution in [0.5, 0.6) is 5.75 Å². The fourth-order valence-corrected chi connectivity index (χ4v) is 3.69. The van der Waals surface area contributed by atoms with E-state index in [0.29, 0.717) is 0 Å². The molecule has 0 aromatic heterocycles. The van der Waals surface area contributed by atoms with Gasteiger partial charge in [0.25, 0.3) is 0 Å². The van der Waals surface area contributed by atoms with Gasteiger partial charge < -0.3 is 10.1 Å². The average molecular weight is 432 g/mol. The fraction of sp³-hybridized carbons (Fsp3) is 0.103. The minimum atomic E-state index is -0.672. The van der Waals surface area contributed by atoms with Crippen molar-refractivity contribution in [2.75, 3.05) is 12.4 Å². The van der Waals surface area contributed by atoms with Gasteiger partial charge in [-0.2, -0.15) is 5.26 Å². The van der Waals surface area contributed by atoms with E-state index in [1.165, 1.54) is 0 Å². The minimum Gasteiger partial charge on any atom is -0.497 e. The van der Waals surface area contributed by atoms with Crippen LogP contribution in [0.4, 0.5) is 5.69 Å². The molecule has 0 aliphatic rings. The third-order valence-corrected chi connectivity index (χ3v) is 5.38. The molecular formula is C29H25N3O. The summed E-state index contributed by atoms with van der Waals surface area (Å²) in [5, 5.41) is 13.8. The second-order valence-corrected chi connectivity index (χ2v) is 7.54. The molecule has 4 rings (SSSR count). The van der Waals surface area contributed by atoms with Gasteiger partial charge in [-0.1, -0.05) is 91.0 Å². The fourth-order valence-electron chi connectivity index (χ4n) is 3.69. The highest BCUT2D eigenvalue weighted by atomic mass is 16.5. The third kappa shape index (κ3) is 5.47.